The summed E-state index contributed by atoms with van der Waals surface area (Å²) in [6.45, 7) is 5.13. The first-order valence-electron chi connectivity index (χ1n) is 6.12. The quantitative estimate of drug-likeness (QED) is 0.760. The van der Waals surface area contributed by atoms with Gasteiger partial charge in [-0.25, -0.2) is 9.97 Å². The molecule has 0 amide bonds. The van der Waals surface area contributed by atoms with E-state index in [1.807, 2.05) is 11.9 Å². The second-order valence-electron chi connectivity index (χ2n) is 4.24. The van der Waals surface area contributed by atoms with Gasteiger partial charge in [0.1, 0.15) is 6.33 Å². The lowest BCUT2D eigenvalue weighted by Gasteiger charge is -2.22. The van der Waals surface area contributed by atoms with Crippen LogP contribution in [-0.4, -0.2) is 48.4 Å². The smallest absolute Gasteiger partial charge is 0.204 e. The van der Waals surface area contributed by atoms with Crippen molar-refractivity contribution in [1.29, 1.82) is 0 Å². The zero-order valence-electron chi connectivity index (χ0n) is 11.5. The number of nitrogens with one attached hydrogen (secondary N) is 1. The molecule has 0 spiro atoms. The molecule has 0 aliphatic heterocycles. The average molecular weight is 254 g/mol. The molecule has 6 nitrogen and oxygen atoms in total. The predicted octanol–water partition coefficient (Wildman–Crippen LogP) is 1.12. The molecule has 0 bridgehead atoms. The van der Waals surface area contributed by atoms with Crippen LogP contribution in [0.15, 0.2) is 6.33 Å². The van der Waals surface area contributed by atoms with Crippen molar-refractivity contribution < 1.29 is 9.84 Å². The number of rotatable bonds is 7. The molecule has 1 heterocycles. The third kappa shape index (κ3) is 3.73. The Morgan fingerprint density at radius 1 is 1.50 bits per heavy atom. The van der Waals surface area contributed by atoms with Crippen LogP contribution in [0.4, 0.5) is 11.6 Å². The van der Waals surface area contributed by atoms with Gasteiger partial charge in [-0.1, -0.05) is 6.92 Å². The summed E-state index contributed by atoms with van der Waals surface area (Å²) in [4.78, 5) is 10.2. The van der Waals surface area contributed by atoms with E-state index in [4.69, 9.17) is 4.74 Å². The first-order valence-corrected chi connectivity index (χ1v) is 6.12. The minimum atomic E-state index is -0.429. The van der Waals surface area contributed by atoms with Crippen LogP contribution in [0.25, 0.3) is 0 Å². The number of methoxy groups -OCH3 is 1. The molecular formula is C12H22N4O2. The Morgan fingerprint density at radius 3 is 2.78 bits per heavy atom. The third-order valence-corrected chi connectivity index (χ3v) is 2.43. The van der Waals surface area contributed by atoms with Gasteiger partial charge in [0, 0.05) is 20.1 Å². The van der Waals surface area contributed by atoms with E-state index < -0.39 is 6.10 Å². The monoisotopic (exact) mass is 254 g/mol. The zero-order valence-corrected chi connectivity index (χ0v) is 11.5. The fraction of sp³-hybridized carbons (Fsp3) is 0.667. The van der Waals surface area contributed by atoms with Crippen molar-refractivity contribution in [3.63, 3.8) is 0 Å². The number of hydrogen-bond donors (Lipinski definition) is 2. The van der Waals surface area contributed by atoms with Gasteiger partial charge >= 0.3 is 0 Å². The lowest BCUT2D eigenvalue weighted by Crippen LogP contribution is -2.28. The average Bonchev–Trinajstić information content (AvgIpc) is 2.34. The second-order valence-corrected chi connectivity index (χ2v) is 4.24. The van der Waals surface area contributed by atoms with E-state index in [1.54, 1.807) is 14.0 Å². The fourth-order valence-electron chi connectivity index (χ4n) is 1.68. The number of likely N-dealkylation sites (N-methyl/N-ethyl adjacent to an activating group) is 1. The van der Waals surface area contributed by atoms with Crippen molar-refractivity contribution in [2.45, 2.75) is 26.4 Å². The van der Waals surface area contributed by atoms with Crippen molar-refractivity contribution in [1.82, 2.24) is 9.97 Å². The normalized spacial score (nSPS) is 12.1. The summed E-state index contributed by atoms with van der Waals surface area (Å²) in [5, 5.41) is 12.6. The molecule has 0 fully saturated rings. The molecule has 1 unspecified atom stereocenters. The SMILES string of the molecule is CCCNc1ncnc(N(C)CC(C)O)c1OC. The van der Waals surface area contributed by atoms with Crippen LogP contribution >= 0.6 is 0 Å². The second kappa shape index (κ2) is 7.00. The Morgan fingerprint density at radius 2 is 2.22 bits per heavy atom. The number of anilines is 2. The summed E-state index contributed by atoms with van der Waals surface area (Å²) >= 11 is 0. The summed E-state index contributed by atoms with van der Waals surface area (Å²) in [7, 11) is 3.46. The Hall–Kier alpha value is -1.56. The molecule has 102 valence electrons. The third-order valence-electron chi connectivity index (χ3n) is 2.43. The minimum Gasteiger partial charge on any atom is -0.490 e. The Labute approximate surface area is 108 Å². The highest BCUT2D eigenvalue weighted by Gasteiger charge is 2.16. The van der Waals surface area contributed by atoms with Crippen molar-refractivity contribution in [3.8, 4) is 5.75 Å². The molecule has 6 heteroatoms. The van der Waals surface area contributed by atoms with Gasteiger partial charge in [0.25, 0.3) is 0 Å². The molecule has 1 rings (SSSR count). The lowest BCUT2D eigenvalue weighted by atomic mass is 10.3. The molecule has 0 aromatic carbocycles. The van der Waals surface area contributed by atoms with Crippen LogP contribution < -0.4 is 15.0 Å². The topological polar surface area (TPSA) is 70.5 Å². The summed E-state index contributed by atoms with van der Waals surface area (Å²) in [5.41, 5.74) is 0. The number of nitrogens with zero attached hydrogens (tertiary/aromatic N) is 3. The van der Waals surface area contributed by atoms with Gasteiger partial charge in [0.15, 0.2) is 11.6 Å². The summed E-state index contributed by atoms with van der Waals surface area (Å²) < 4.78 is 5.37. The van der Waals surface area contributed by atoms with E-state index in [0.717, 1.165) is 13.0 Å². The van der Waals surface area contributed by atoms with Gasteiger partial charge in [-0.3, -0.25) is 0 Å². The van der Waals surface area contributed by atoms with E-state index in [9.17, 15) is 5.11 Å². The first kappa shape index (κ1) is 14.5. The van der Waals surface area contributed by atoms with Crippen LogP contribution in [0.1, 0.15) is 20.3 Å². The highest BCUT2D eigenvalue weighted by Crippen LogP contribution is 2.31. The fourth-order valence-corrected chi connectivity index (χ4v) is 1.68. The Kier molecular flexibility index (Phi) is 5.64. The molecule has 0 aliphatic carbocycles. The molecule has 1 aromatic heterocycles. The maximum atomic E-state index is 9.42. The van der Waals surface area contributed by atoms with E-state index in [0.29, 0.717) is 23.9 Å². The van der Waals surface area contributed by atoms with Gasteiger partial charge in [-0.15, -0.1) is 0 Å². The lowest BCUT2D eigenvalue weighted by molar-refractivity contribution is 0.201. The number of ether oxygens (including phenoxy) is 1. The highest BCUT2D eigenvalue weighted by molar-refractivity contribution is 5.64. The summed E-state index contributed by atoms with van der Waals surface area (Å²) in [6, 6.07) is 0. The van der Waals surface area contributed by atoms with Crippen molar-refractivity contribution >= 4 is 11.6 Å². The molecular weight excluding hydrogens is 232 g/mol. The van der Waals surface area contributed by atoms with Crippen molar-refractivity contribution in [2.24, 2.45) is 0 Å². The molecule has 0 saturated heterocycles. The van der Waals surface area contributed by atoms with Crippen molar-refractivity contribution in [2.75, 3.05) is 37.5 Å². The molecule has 0 saturated carbocycles. The molecule has 2 N–H and O–H groups in total. The standard InChI is InChI=1S/C12H22N4O2/c1-5-6-13-11-10(18-4)12(15-8-14-11)16(3)7-9(2)17/h8-9,17H,5-7H2,1-4H3,(H,13,14,15). The largest absolute Gasteiger partial charge is 0.490 e. The maximum absolute atomic E-state index is 9.42. The number of aromatic nitrogens is 2. The molecule has 1 aromatic rings. The van der Waals surface area contributed by atoms with Gasteiger partial charge in [0.2, 0.25) is 5.75 Å². The van der Waals surface area contributed by atoms with E-state index in [2.05, 4.69) is 22.2 Å². The van der Waals surface area contributed by atoms with Crippen LogP contribution in [-0.2, 0) is 0 Å². The van der Waals surface area contributed by atoms with Gasteiger partial charge in [0.05, 0.1) is 13.2 Å². The van der Waals surface area contributed by atoms with Crippen LogP contribution in [0.2, 0.25) is 0 Å². The summed E-state index contributed by atoms with van der Waals surface area (Å²) in [5.74, 6) is 1.96. The van der Waals surface area contributed by atoms with Gasteiger partial charge in [-0.2, -0.15) is 0 Å². The minimum absolute atomic E-state index is 0.429. The maximum Gasteiger partial charge on any atom is 0.204 e. The number of hydrogen-bond acceptors (Lipinski definition) is 6. The van der Waals surface area contributed by atoms with Crippen LogP contribution in [0.5, 0.6) is 5.75 Å². The zero-order chi connectivity index (χ0) is 13.5. The van der Waals surface area contributed by atoms with E-state index >= 15 is 0 Å². The van der Waals surface area contributed by atoms with Crippen molar-refractivity contribution in [3.05, 3.63) is 6.33 Å². The predicted molar refractivity (Wildman–Crippen MR) is 72.3 cm³/mol. The van der Waals surface area contributed by atoms with Crippen LogP contribution in [0, 0.1) is 0 Å². The molecule has 1 atom stereocenters. The molecule has 0 aliphatic rings. The molecule has 0 radical (unpaired) electrons. The number of aliphatic hydroxyl groups excluding tert-OH is 1. The Balaban J connectivity index is 2.96. The Bertz CT molecular complexity index is 371. The van der Waals surface area contributed by atoms with Gasteiger partial charge in [-0.05, 0) is 13.3 Å². The molecule has 18 heavy (non-hydrogen) atoms. The van der Waals surface area contributed by atoms with E-state index in [1.165, 1.54) is 6.33 Å². The van der Waals surface area contributed by atoms with Gasteiger partial charge < -0.3 is 20.1 Å². The van der Waals surface area contributed by atoms with Crippen LogP contribution in [0.3, 0.4) is 0 Å². The number of aliphatic hydroxyl groups is 1. The highest BCUT2D eigenvalue weighted by atomic mass is 16.5. The van der Waals surface area contributed by atoms with E-state index in [-0.39, 0.29) is 0 Å². The summed E-state index contributed by atoms with van der Waals surface area (Å²) in [6.07, 6.45) is 2.07. The first-order chi connectivity index (χ1) is 8.60.